The average molecular weight is 699 g/mol. The molecule has 34 heavy (non-hydrogen) atoms. The van der Waals surface area contributed by atoms with Crippen molar-refractivity contribution in [2.45, 2.75) is 0 Å². The Morgan fingerprint density at radius 3 is 2.44 bits per heavy atom. The predicted octanol–water partition coefficient (Wildman–Crippen LogP) is 5.91. The van der Waals surface area contributed by atoms with Crippen LogP contribution in [0.4, 0.5) is 5.69 Å². The molecule has 0 amide bonds. The molecule has 1 radical (unpaired) electrons. The van der Waals surface area contributed by atoms with Crippen LogP contribution in [0.15, 0.2) is 91.4 Å². The number of nitrogens with zero attached hydrogens (tertiary/aromatic N) is 4. The van der Waals surface area contributed by atoms with Gasteiger partial charge in [0.05, 0.1) is 0 Å². The minimum Gasteiger partial charge on any atom is -0.510 e. The second-order valence-corrected chi connectivity index (χ2v) is 7.61. The normalized spacial score (nSPS) is 12.6. The number of hydrogen-bond donors (Lipinski definition) is 0. The van der Waals surface area contributed by atoms with Gasteiger partial charge in [-0.3, -0.25) is 0 Å². The summed E-state index contributed by atoms with van der Waals surface area (Å²) in [5.41, 5.74) is 2.92. The van der Waals surface area contributed by atoms with Crippen LogP contribution in [0.3, 0.4) is 0 Å². The fourth-order valence-corrected chi connectivity index (χ4v) is 4.02. The largest absolute Gasteiger partial charge is 0.510 e. The van der Waals surface area contributed by atoms with Crippen LogP contribution in [0, 0.1) is 18.8 Å². The van der Waals surface area contributed by atoms with E-state index in [0.717, 1.165) is 33.3 Å². The van der Waals surface area contributed by atoms with Crippen molar-refractivity contribution in [3.63, 3.8) is 0 Å². The number of hydrogen-bond acceptors (Lipinski definition) is 4. The molecule has 1 aliphatic heterocycles. The van der Waals surface area contributed by atoms with Gasteiger partial charge in [0, 0.05) is 77.0 Å². The second kappa shape index (κ2) is 10.4. The van der Waals surface area contributed by atoms with E-state index in [1.54, 1.807) is 6.20 Å². The zero-order valence-electron chi connectivity index (χ0n) is 18.3. The molecule has 3 heterocycles. The summed E-state index contributed by atoms with van der Waals surface area (Å²) in [6.45, 7) is 1.99. The Morgan fingerprint density at radius 2 is 1.65 bits per heavy atom. The van der Waals surface area contributed by atoms with Gasteiger partial charge in [-0.2, -0.15) is 18.8 Å². The molecule has 0 N–H and O–H groups in total. The predicted molar refractivity (Wildman–Crippen MR) is 126 cm³/mol. The van der Waals surface area contributed by atoms with Crippen molar-refractivity contribution in [3.8, 4) is 17.3 Å². The van der Waals surface area contributed by atoms with Gasteiger partial charge in [-0.05, 0) is 43.0 Å². The molecule has 169 valence electrons. The van der Waals surface area contributed by atoms with Crippen molar-refractivity contribution in [1.29, 1.82) is 0 Å². The van der Waals surface area contributed by atoms with Crippen LogP contribution in [0.2, 0.25) is 0 Å². The summed E-state index contributed by atoms with van der Waals surface area (Å²) in [5.74, 6) is 2.11. The molecule has 0 aliphatic carbocycles. The molecule has 0 spiro atoms. The van der Waals surface area contributed by atoms with E-state index in [1.807, 2.05) is 84.4 Å². The molecule has 0 saturated carbocycles. The van der Waals surface area contributed by atoms with Crippen molar-refractivity contribution in [2.75, 3.05) is 11.9 Å². The van der Waals surface area contributed by atoms with Gasteiger partial charge >= 0.3 is 0 Å². The second-order valence-electron chi connectivity index (χ2n) is 7.61. The van der Waals surface area contributed by atoms with Gasteiger partial charge in [-0.1, -0.05) is 29.8 Å². The van der Waals surface area contributed by atoms with Gasteiger partial charge in [-0.25, -0.2) is 4.98 Å². The van der Waals surface area contributed by atoms with Crippen molar-refractivity contribution >= 4 is 27.5 Å². The van der Waals surface area contributed by atoms with E-state index in [9.17, 15) is 0 Å². The molecule has 0 saturated heterocycles. The summed E-state index contributed by atoms with van der Waals surface area (Å²) in [4.78, 5) is 8.56. The average Bonchev–Trinajstić information content (AvgIpc) is 3.41. The molecule has 5 aromatic rings. The minimum absolute atomic E-state index is 0. The summed E-state index contributed by atoms with van der Waals surface area (Å²) in [7, 11) is 1.99. The summed E-state index contributed by atoms with van der Waals surface area (Å²) in [6.07, 6.45) is 5.77. The first-order valence-electron chi connectivity index (χ1n) is 10.4. The van der Waals surface area contributed by atoms with Gasteiger partial charge in [0.25, 0.3) is 0 Å². The van der Waals surface area contributed by atoms with Crippen molar-refractivity contribution in [2.24, 2.45) is 0 Å². The van der Waals surface area contributed by atoms with Gasteiger partial charge in [-0.15, -0.1) is 41.4 Å². The maximum absolute atomic E-state index is 6.18. The molecule has 6 rings (SSSR count). The molecule has 0 unspecified atom stereocenters. The molecule has 1 aliphatic rings. The number of ether oxygens (including phenoxy) is 1. The number of rotatable bonds is 4. The molecule has 0 bridgehead atoms. The Kier molecular flexibility index (Phi) is 7.57. The third-order valence-corrected chi connectivity index (χ3v) is 5.46. The van der Waals surface area contributed by atoms with Crippen LogP contribution >= 0.6 is 0 Å². The van der Waals surface area contributed by atoms with E-state index < -0.39 is 0 Å². The first-order valence-corrected chi connectivity index (χ1v) is 10.4. The van der Waals surface area contributed by atoms with Crippen LogP contribution < -0.4 is 9.64 Å². The third kappa shape index (κ3) is 4.57. The van der Waals surface area contributed by atoms with Crippen molar-refractivity contribution < 1.29 is 58.5 Å². The maximum Gasteiger partial charge on any atom is 0.135 e. The van der Waals surface area contributed by atoms with E-state index in [0.29, 0.717) is 11.5 Å². The minimum atomic E-state index is 0. The Morgan fingerprint density at radius 1 is 0.824 bits per heavy atom. The van der Waals surface area contributed by atoms with E-state index in [4.69, 9.17) is 4.74 Å². The fraction of sp³-hybridized carbons (Fsp3) is 0.0370. The standard InChI is InChI=1S/C27H19N4O.Pt.Y/c1-29-15-16-30(19-29)20-7-6-8-21(17-20)32-22-12-13-24-23-9-2-3-10-25(23)31(26(24)18-22)27-11-4-5-14-28-27;;/h2-16,19H,1H3;;/q-3;;. The molecule has 3 aromatic carbocycles. The smallest absolute Gasteiger partial charge is 0.135 e. The summed E-state index contributed by atoms with van der Waals surface area (Å²) >= 11 is 0. The topological polar surface area (TPSA) is 33.5 Å². The third-order valence-electron chi connectivity index (χ3n) is 5.46. The molecular weight excluding hydrogens is 680 g/mol. The molecule has 0 fully saturated rings. The number of benzene rings is 3. The molecule has 2 aromatic heterocycles. The number of anilines is 1. The monoisotopic (exact) mass is 699 g/mol. The van der Waals surface area contributed by atoms with Gasteiger partial charge in [0.1, 0.15) is 5.82 Å². The van der Waals surface area contributed by atoms with Crippen LogP contribution in [0.5, 0.6) is 11.5 Å². The Labute approximate surface area is 238 Å². The van der Waals surface area contributed by atoms with Crippen LogP contribution in [0.25, 0.3) is 27.6 Å². The van der Waals surface area contributed by atoms with Crippen LogP contribution in [-0.4, -0.2) is 21.5 Å². The van der Waals surface area contributed by atoms with E-state index in [2.05, 4.69) is 45.9 Å². The number of para-hydroxylation sites is 1. The number of aromatic nitrogens is 2. The SMILES string of the molecule is CN1C=CN(c2[c-]c(Oc3[c-]c4c(cc3)c3ccccc3n4-c3ccccn3)ccc2)[CH-]1.[Pt].[Y]. The van der Waals surface area contributed by atoms with Gasteiger partial charge in [0.15, 0.2) is 0 Å². The number of pyridine rings is 1. The first kappa shape index (κ1) is 24.7. The van der Waals surface area contributed by atoms with Crippen molar-refractivity contribution in [3.05, 3.63) is 110 Å². The summed E-state index contributed by atoms with van der Waals surface area (Å²) in [6, 6.07) is 30.9. The van der Waals surface area contributed by atoms with E-state index >= 15 is 0 Å². The van der Waals surface area contributed by atoms with E-state index in [-0.39, 0.29) is 53.8 Å². The molecular formula is C27H19N4OPtY-3. The van der Waals surface area contributed by atoms with Crippen LogP contribution in [0.1, 0.15) is 0 Å². The molecule has 0 atom stereocenters. The molecule has 7 heteroatoms. The Balaban J connectivity index is 0.00000137. The zero-order chi connectivity index (χ0) is 21.5. The van der Waals surface area contributed by atoms with Gasteiger partial charge < -0.3 is 19.1 Å². The molecule has 5 nitrogen and oxygen atoms in total. The first-order chi connectivity index (χ1) is 15.8. The summed E-state index contributed by atoms with van der Waals surface area (Å²) < 4.78 is 8.30. The zero-order valence-corrected chi connectivity index (χ0v) is 23.4. The number of fused-ring (bicyclic) bond motifs is 3. The Bertz CT molecular complexity index is 1470. The van der Waals surface area contributed by atoms with E-state index in [1.165, 1.54) is 0 Å². The summed E-state index contributed by atoms with van der Waals surface area (Å²) in [5, 5.41) is 2.26. The van der Waals surface area contributed by atoms with Crippen LogP contribution in [-0.2, 0) is 53.8 Å². The Hall–Kier alpha value is -2.46. The van der Waals surface area contributed by atoms with Crippen molar-refractivity contribution in [1.82, 2.24) is 14.5 Å². The maximum atomic E-state index is 6.18. The fourth-order valence-electron chi connectivity index (χ4n) is 4.02. The van der Waals surface area contributed by atoms with Gasteiger partial charge in [0.2, 0.25) is 0 Å². The quantitative estimate of drug-likeness (QED) is 0.219.